The van der Waals surface area contributed by atoms with E-state index in [9.17, 15) is 18.8 Å². The summed E-state index contributed by atoms with van der Waals surface area (Å²) in [6.07, 6.45) is 1.44. The maximum absolute atomic E-state index is 13.2. The standard InChI is InChI=1S/C23H19FN4O4/c1-32-19-7-3-2-6-18(19)26-20(29)14-27-21-17(5-4-12-25-21)22(30)28(23(27)31)13-15-8-10-16(24)11-9-15/h2-12H,13-14H2,1H3,(H,26,29). The topological polar surface area (TPSA) is 95.2 Å². The van der Waals surface area contributed by atoms with Gasteiger partial charge in [0, 0.05) is 6.20 Å². The van der Waals surface area contributed by atoms with Crippen molar-refractivity contribution in [2.24, 2.45) is 0 Å². The van der Waals surface area contributed by atoms with Gasteiger partial charge in [-0.2, -0.15) is 0 Å². The maximum Gasteiger partial charge on any atom is 0.333 e. The predicted octanol–water partition coefficient (Wildman–Crippen LogP) is 2.39. The van der Waals surface area contributed by atoms with Crippen LogP contribution in [0.5, 0.6) is 5.75 Å². The maximum atomic E-state index is 13.2. The third kappa shape index (κ3) is 4.13. The number of halogens is 1. The largest absolute Gasteiger partial charge is 0.495 e. The fraction of sp³-hybridized carbons (Fsp3) is 0.130. The van der Waals surface area contributed by atoms with Crippen molar-refractivity contribution in [3.05, 3.63) is 99.1 Å². The molecule has 9 heteroatoms. The number of rotatable bonds is 6. The van der Waals surface area contributed by atoms with Gasteiger partial charge in [-0.15, -0.1) is 0 Å². The molecule has 4 rings (SSSR count). The molecule has 0 aliphatic heterocycles. The molecule has 0 aliphatic rings. The molecule has 2 aromatic heterocycles. The minimum atomic E-state index is -0.694. The second-order valence-electron chi connectivity index (χ2n) is 7.01. The first-order valence-corrected chi connectivity index (χ1v) is 9.73. The Morgan fingerprint density at radius 2 is 1.78 bits per heavy atom. The number of methoxy groups -OCH3 is 1. The minimum absolute atomic E-state index is 0.0725. The summed E-state index contributed by atoms with van der Waals surface area (Å²) in [5.41, 5.74) is -0.110. The van der Waals surface area contributed by atoms with Crippen molar-refractivity contribution < 1.29 is 13.9 Å². The fourth-order valence-corrected chi connectivity index (χ4v) is 3.38. The van der Waals surface area contributed by atoms with Gasteiger partial charge in [0.05, 0.1) is 24.7 Å². The average molecular weight is 434 g/mol. The van der Waals surface area contributed by atoms with Crippen molar-refractivity contribution in [2.75, 3.05) is 12.4 Å². The van der Waals surface area contributed by atoms with Crippen LogP contribution in [0.15, 0.2) is 76.4 Å². The summed E-state index contributed by atoms with van der Waals surface area (Å²) >= 11 is 0. The summed E-state index contributed by atoms with van der Waals surface area (Å²) in [4.78, 5) is 43.1. The van der Waals surface area contributed by atoms with Gasteiger partial charge in [-0.25, -0.2) is 14.2 Å². The predicted molar refractivity (Wildman–Crippen MR) is 117 cm³/mol. The number of nitrogens with zero attached hydrogens (tertiary/aromatic N) is 3. The quantitative estimate of drug-likeness (QED) is 0.503. The number of benzene rings is 2. The van der Waals surface area contributed by atoms with Gasteiger partial charge in [0.25, 0.3) is 5.56 Å². The number of hydrogen-bond acceptors (Lipinski definition) is 5. The molecule has 0 bridgehead atoms. The number of nitrogens with one attached hydrogen (secondary N) is 1. The molecule has 0 aliphatic carbocycles. The number of anilines is 1. The van der Waals surface area contributed by atoms with E-state index in [0.29, 0.717) is 17.0 Å². The molecule has 32 heavy (non-hydrogen) atoms. The monoisotopic (exact) mass is 434 g/mol. The smallest absolute Gasteiger partial charge is 0.333 e. The molecular formula is C23H19FN4O4. The average Bonchev–Trinajstić information content (AvgIpc) is 2.81. The highest BCUT2D eigenvalue weighted by atomic mass is 19.1. The van der Waals surface area contributed by atoms with Crippen molar-refractivity contribution in [3.63, 3.8) is 0 Å². The highest BCUT2D eigenvalue weighted by Gasteiger charge is 2.17. The number of aromatic nitrogens is 3. The van der Waals surface area contributed by atoms with E-state index < -0.39 is 23.0 Å². The summed E-state index contributed by atoms with van der Waals surface area (Å²) < 4.78 is 20.6. The molecule has 1 amide bonds. The summed E-state index contributed by atoms with van der Waals surface area (Å²) in [5, 5.41) is 2.91. The van der Waals surface area contributed by atoms with E-state index in [1.54, 1.807) is 36.4 Å². The number of ether oxygens (including phenoxy) is 1. The highest BCUT2D eigenvalue weighted by molar-refractivity contribution is 5.92. The Kier molecular flexibility index (Phi) is 5.80. The molecule has 0 saturated carbocycles. The number of para-hydroxylation sites is 2. The van der Waals surface area contributed by atoms with Crippen molar-refractivity contribution in [2.45, 2.75) is 13.1 Å². The van der Waals surface area contributed by atoms with Gasteiger partial charge in [0.2, 0.25) is 5.91 Å². The Hall–Kier alpha value is -4.27. The van der Waals surface area contributed by atoms with E-state index >= 15 is 0 Å². The Labute approximate surface area is 181 Å². The summed E-state index contributed by atoms with van der Waals surface area (Å²) in [6.45, 7) is -0.439. The molecule has 0 saturated heterocycles. The Morgan fingerprint density at radius 1 is 1.03 bits per heavy atom. The van der Waals surface area contributed by atoms with E-state index in [1.165, 1.54) is 37.6 Å². The van der Waals surface area contributed by atoms with Crippen LogP contribution < -0.4 is 21.3 Å². The molecule has 0 radical (unpaired) electrons. The van der Waals surface area contributed by atoms with E-state index in [0.717, 1.165) is 9.13 Å². The lowest BCUT2D eigenvalue weighted by atomic mass is 10.2. The van der Waals surface area contributed by atoms with Crippen LogP contribution in [-0.4, -0.2) is 27.1 Å². The fourth-order valence-electron chi connectivity index (χ4n) is 3.38. The number of pyridine rings is 1. The van der Waals surface area contributed by atoms with Crippen LogP contribution in [0.4, 0.5) is 10.1 Å². The number of fused-ring (bicyclic) bond motifs is 1. The van der Waals surface area contributed by atoms with Crippen LogP contribution >= 0.6 is 0 Å². The molecule has 4 aromatic rings. The zero-order valence-corrected chi connectivity index (χ0v) is 17.1. The van der Waals surface area contributed by atoms with Gasteiger partial charge >= 0.3 is 5.69 Å². The second-order valence-corrected chi connectivity index (χ2v) is 7.01. The third-order valence-corrected chi connectivity index (χ3v) is 4.92. The van der Waals surface area contributed by atoms with Gasteiger partial charge in [-0.05, 0) is 42.0 Å². The second kappa shape index (κ2) is 8.84. The van der Waals surface area contributed by atoms with Crippen LogP contribution in [0.3, 0.4) is 0 Å². The summed E-state index contributed by atoms with van der Waals surface area (Å²) in [6, 6.07) is 15.5. The van der Waals surface area contributed by atoms with E-state index in [4.69, 9.17) is 4.74 Å². The van der Waals surface area contributed by atoms with Gasteiger partial charge in [0.1, 0.15) is 23.8 Å². The van der Waals surface area contributed by atoms with Gasteiger partial charge in [-0.1, -0.05) is 24.3 Å². The molecule has 0 fully saturated rings. The molecule has 162 valence electrons. The first kappa shape index (κ1) is 21.0. The number of carbonyl (C=O) groups excluding carboxylic acids is 1. The highest BCUT2D eigenvalue weighted by Crippen LogP contribution is 2.23. The molecule has 2 heterocycles. The first-order valence-electron chi connectivity index (χ1n) is 9.73. The zero-order valence-electron chi connectivity index (χ0n) is 17.1. The SMILES string of the molecule is COc1ccccc1NC(=O)Cn1c(=O)n(Cc2ccc(F)cc2)c(=O)c2cccnc21. The first-order chi connectivity index (χ1) is 15.5. The minimum Gasteiger partial charge on any atom is -0.495 e. The van der Waals surface area contributed by atoms with Crippen molar-refractivity contribution in [1.29, 1.82) is 0 Å². The lowest BCUT2D eigenvalue weighted by molar-refractivity contribution is -0.116. The lowest BCUT2D eigenvalue weighted by Gasteiger charge is -2.14. The van der Waals surface area contributed by atoms with Crippen LogP contribution in [0, 0.1) is 5.82 Å². The summed E-state index contributed by atoms with van der Waals surface area (Å²) in [7, 11) is 1.48. The zero-order chi connectivity index (χ0) is 22.7. The molecule has 0 spiro atoms. The number of carbonyl (C=O) groups is 1. The van der Waals surface area contributed by atoms with Crippen molar-refractivity contribution >= 4 is 22.6 Å². The Balaban J connectivity index is 1.75. The summed E-state index contributed by atoms with van der Waals surface area (Å²) in [5.74, 6) is -0.442. The molecule has 0 atom stereocenters. The molecule has 1 N–H and O–H groups in total. The molecule has 2 aromatic carbocycles. The van der Waals surface area contributed by atoms with Crippen molar-refractivity contribution in [3.8, 4) is 5.75 Å². The van der Waals surface area contributed by atoms with E-state index in [-0.39, 0.29) is 24.1 Å². The molecule has 0 unspecified atom stereocenters. The molecule has 8 nitrogen and oxygen atoms in total. The van der Waals surface area contributed by atoms with Gasteiger partial charge in [0.15, 0.2) is 0 Å². The number of amides is 1. The lowest BCUT2D eigenvalue weighted by Crippen LogP contribution is -2.42. The van der Waals surface area contributed by atoms with Crippen LogP contribution in [0.1, 0.15) is 5.56 Å². The van der Waals surface area contributed by atoms with Crippen molar-refractivity contribution in [1.82, 2.24) is 14.1 Å². The van der Waals surface area contributed by atoms with Crippen LogP contribution in [0.2, 0.25) is 0 Å². The Morgan fingerprint density at radius 3 is 2.53 bits per heavy atom. The molecular weight excluding hydrogens is 415 g/mol. The van der Waals surface area contributed by atoms with Gasteiger partial charge in [-0.3, -0.25) is 18.7 Å². The van der Waals surface area contributed by atoms with Gasteiger partial charge < -0.3 is 10.1 Å². The normalized spacial score (nSPS) is 10.8. The van der Waals surface area contributed by atoms with Crippen LogP contribution in [-0.2, 0) is 17.9 Å². The Bertz CT molecular complexity index is 1410. The van der Waals surface area contributed by atoms with Crippen LogP contribution in [0.25, 0.3) is 11.0 Å². The van der Waals surface area contributed by atoms with E-state index in [1.807, 2.05) is 0 Å². The third-order valence-electron chi connectivity index (χ3n) is 4.92. The number of hydrogen-bond donors (Lipinski definition) is 1. The van der Waals surface area contributed by atoms with E-state index in [2.05, 4.69) is 10.3 Å².